The number of hydrogen-bond donors (Lipinski definition) is 0. The Morgan fingerprint density at radius 2 is 1.54 bits per heavy atom. The van der Waals surface area contributed by atoms with Gasteiger partial charge < -0.3 is 28.7 Å². The number of carbonyl (C=O) groups is 2. The number of ether oxygens (including phenoxy) is 4. The van der Waals surface area contributed by atoms with E-state index in [1.54, 1.807) is 17.0 Å². The number of rotatable bonds is 3. The van der Waals surface area contributed by atoms with Crippen LogP contribution in [0.25, 0.3) is 0 Å². The fraction of sp³-hybridized carbons (Fsp3) is 0.724. The largest absolute Gasteiger partial charge is 0.444 e. The summed E-state index contributed by atoms with van der Waals surface area (Å²) >= 11 is 0. The molecule has 1 aromatic carbocycles. The summed E-state index contributed by atoms with van der Waals surface area (Å²) in [6, 6.07) is 5.66. The van der Waals surface area contributed by atoms with Crippen molar-refractivity contribution in [2.45, 2.75) is 87.1 Å². The lowest BCUT2D eigenvalue weighted by molar-refractivity contribution is 0.00963. The van der Waals surface area contributed by atoms with Gasteiger partial charge in [-0.15, -0.1) is 0 Å². The first-order valence-corrected chi connectivity index (χ1v) is 14.7. The molecule has 4 atom stereocenters. The van der Waals surface area contributed by atoms with Gasteiger partial charge in [0, 0.05) is 45.8 Å². The van der Waals surface area contributed by atoms with Crippen LogP contribution in [0.3, 0.4) is 0 Å². The fourth-order valence-electron chi connectivity index (χ4n) is 7.91. The highest BCUT2D eigenvalue weighted by Gasteiger charge is 2.50. The first kappa shape index (κ1) is 25.5. The van der Waals surface area contributed by atoms with Crippen LogP contribution in [0.1, 0.15) is 59.8 Å². The van der Waals surface area contributed by atoms with Crippen LogP contribution < -0.4 is 4.90 Å². The van der Waals surface area contributed by atoms with Crippen molar-refractivity contribution in [3.8, 4) is 0 Å². The molecule has 7 rings (SSSR count). The predicted molar refractivity (Wildman–Crippen MR) is 144 cm³/mol. The molecule has 0 saturated carbocycles. The number of halogens is 1. The van der Waals surface area contributed by atoms with Crippen LogP contribution in [0.5, 0.6) is 0 Å². The molecule has 2 unspecified atom stereocenters. The fourth-order valence-corrected chi connectivity index (χ4v) is 7.91. The van der Waals surface area contributed by atoms with E-state index in [2.05, 4.69) is 4.90 Å². The first-order valence-electron chi connectivity index (χ1n) is 14.7. The second kappa shape index (κ2) is 10.2. The van der Waals surface area contributed by atoms with E-state index in [1.807, 2.05) is 4.90 Å². The molecule has 2 amide bonds. The van der Waals surface area contributed by atoms with Gasteiger partial charge in [0.15, 0.2) is 0 Å². The topological polar surface area (TPSA) is 80.8 Å². The third kappa shape index (κ3) is 4.68. The summed E-state index contributed by atoms with van der Waals surface area (Å²) in [6.07, 6.45) is 6.34. The van der Waals surface area contributed by atoms with E-state index in [0.717, 1.165) is 69.3 Å². The van der Waals surface area contributed by atoms with Crippen LogP contribution in [-0.4, -0.2) is 98.4 Å². The molecule has 6 aliphatic rings. The van der Waals surface area contributed by atoms with E-state index < -0.39 is 0 Å². The summed E-state index contributed by atoms with van der Waals surface area (Å²) in [5.74, 6) is -0.269. The smallest absolute Gasteiger partial charge is 0.414 e. The number of amides is 2. The molecule has 6 aliphatic heterocycles. The van der Waals surface area contributed by atoms with E-state index in [9.17, 15) is 14.0 Å². The molecule has 1 spiro atoms. The van der Waals surface area contributed by atoms with Gasteiger partial charge in [0.1, 0.15) is 18.0 Å². The Morgan fingerprint density at radius 3 is 2.15 bits per heavy atom. The van der Waals surface area contributed by atoms with Crippen LogP contribution in [-0.2, 0) is 24.4 Å². The van der Waals surface area contributed by atoms with Gasteiger partial charge >= 0.3 is 12.2 Å². The van der Waals surface area contributed by atoms with Gasteiger partial charge in [-0.05, 0) is 75.4 Å². The quantitative estimate of drug-likeness (QED) is 0.558. The molecule has 10 heteroatoms. The highest BCUT2D eigenvalue weighted by atomic mass is 19.1. The van der Waals surface area contributed by atoms with Gasteiger partial charge in [-0.1, -0.05) is 0 Å². The van der Waals surface area contributed by atoms with Gasteiger partial charge in [-0.25, -0.2) is 14.0 Å². The lowest BCUT2D eigenvalue weighted by atomic mass is 9.73. The highest BCUT2D eigenvalue weighted by Crippen LogP contribution is 2.49. The second-order valence-corrected chi connectivity index (χ2v) is 12.2. The lowest BCUT2D eigenvalue weighted by Gasteiger charge is -2.47. The van der Waals surface area contributed by atoms with Crippen molar-refractivity contribution in [1.29, 1.82) is 0 Å². The first-order chi connectivity index (χ1) is 19.0. The van der Waals surface area contributed by atoms with Crippen molar-refractivity contribution >= 4 is 17.9 Å². The SMILES string of the molecule is O=C(O[C@@H]1CCOC1)N1CC2(CCN(C3CC4CCC(C3)N4C(=O)O[C@@H]3CCOC3)CC2)c2cc(F)ccc21.[HH].[HH]. The third-order valence-corrected chi connectivity index (χ3v) is 10.0. The summed E-state index contributed by atoms with van der Waals surface area (Å²) in [5.41, 5.74) is 1.42. The lowest BCUT2D eigenvalue weighted by Crippen LogP contribution is -2.56. The zero-order valence-corrected chi connectivity index (χ0v) is 22.4. The van der Waals surface area contributed by atoms with E-state index >= 15 is 0 Å². The highest BCUT2D eigenvalue weighted by molar-refractivity contribution is 5.91. The molecule has 0 aliphatic carbocycles. The number of carbonyl (C=O) groups excluding carboxylic acids is 2. The molecule has 2 bridgehead atoms. The maximum atomic E-state index is 14.4. The van der Waals surface area contributed by atoms with Crippen molar-refractivity contribution in [3.63, 3.8) is 0 Å². The summed E-state index contributed by atoms with van der Waals surface area (Å²) < 4.78 is 36.7. The Morgan fingerprint density at radius 1 is 0.897 bits per heavy atom. The normalized spacial score (nSPS) is 33.5. The third-order valence-electron chi connectivity index (χ3n) is 10.0. The van der Waals surface area contributed by atoms with Crippen molar-refractivity contribution in [3.05, 3.63) is 29.6 Å². The van der Waals surface area contributed by atoms with Gasteiger partial charge in [0.2, 0.25) is 0 Å². The minimum absolute atomic E-state index is 0. The van der Waals surface area contributed by atoms with Crippen LogP contribution in [0, 0.1) is 5.82 Å². The van der Waals surface area contributed by atoms with Gasteiger partial charge in [0.05, 0.1) is 32.1 Å². The van der Waals surface area contributed by atoms with Crippen molar-refractivity contribution in [2.75, 3.05) is 51.0 Å². The molecule has 0 aromatic heterocycles. The number of hydrogen-bond acceptors (Lipinski definition) is 7. The molecular weight excluding hydrogens is 505 g/mol. The number of anilines is 1. The van der Waals surface area contributed by atoms with E-state index in [4.69, 9.17) is 18.9 Å². The predicted octanol–water partition coefficient (Wildman–Crippen LogP) is 4.32. The Balaban J connectivity index is 0.00000169. The Bertz CT molecular complexity index is 1100. The molecule has 5 fully saturated rings. The van der Waals surface area contributed by atoms with Gasteiger partial charge in [0.25, 0.3) is 0 Å². The number of piperidine rings is 2. The molecular formula is C29H42FN3O6. The second-order valence-electron chi connectivity index (χ2n) is 12.2. The van der Waals surface area contributed by atoms with E-state index in [-0.39, 0.29) is 50.6 Å². The van der Waals surface area contributed by atoms with Gasteiger partial charge in [-0.3, -0.25) is 4.90 Å². The zero-order valence-electron chi connectivity index (χ0n) is 22.4. The standard InChI is InChI=1S/C29H38FN3O6.2H2/c30-19-1-4-26-25(13-19)29(18-32(26)27(34)38-23-5-11-36-16-23)7-9-31(10-8-29)22-14-20-2-3-21(15-22)33(20)28(35)39-24-6-12-37-17-24;;/h1,4,13,20-24H,2-3,5-12,14-18H2;2*1H/t20?,21?,22?,23-,24-;;/m1../s1. The number of benzene rings is 1. The Hall–Kier alpha value is -2.43. The Kier molecular flexibility index (Phi) is 6.67. The van der Waals surface area contributed by atoms with Crippen LogP contribution >= 0.6 is 0 Å². The average molecular weight is 548 g/mol. The van der Waals surface area contributed by atoms with Crippen molar-refractivity contribution in [1.82, 2.24) is 9.80 Å². The van der Waals surface area contributed by atoms with Crippen LogP contribution in [0.4, 0.5) is 19.7 Å². The zero-order chi connectivity index (χ0) is 26.6. The van der Waals surface area contributed by atoms with Crippen LogP contribution in [0.2, 0.25) is 0 Å². The monoisotopic (exact) mass is 547 g/mol. The van der Waals surface area contributed by atoms with E-state index in [1.165, 1.54) is 6.07 Å². The number of fused-ring (bicyclic) bond motifs is 4. The molecule has 1 aromatic rings. The molecule has 9 nitrogen and oxygen atoms in total. The summed E-state index contributed by atoms with van der Waals surface area (Å²) in [4.78, 5) is 32.4. The average Bonchev–Trinajstić information content (AvgIpc) is 3.73. The van der Waals surface area contributed by atoms with Crippen LogP contribution in [0.15, 0.2) is 18.2 Å². The maximum Gasteiger partial charge on any atom is 0.414 e. The molecule has 0 radical (unpaired) electrons. The molecule has 39 heavy (non-hydrogen) atoms. The minimum Gasteiger partial charge on any atom is -0.444 e. The summed E-state index contributed by atoms with van der Waals surface area (Å²) in [6.45, 7) is 4.51. The maximum absolute atomic E-state index is 14.4. The number of likely N-dealkylation sites (tertiary alicyclic amines) is 1. The Labute approximate surface area is 231 Å². The molecule has 6 heterocycles. The molecule has 5 saturated heterocycles. The van der Waals surface area contributed by atoms with E-state index in [0.29, 0.717) is 45.4 Å². The molecule has 0 N–H and O–H groups in total. The van der Waals surface area contributed by atoms with Gasteiger partial charge in [-0.2, -0.15) is 0 Å². The number of nitrogens with zero attached hydrogens (tertiary/aromatic N) is 3. The summed E-state index contributed by atoms with van der Waals surface area (Å²) in [5, 5.41) is 0. The molecule has 216 valence electrons. The van der Waals surface area contributed by atoms with Crippen molar-refractivity contribution in [2.24, 2.45) is 0 Å². The summed E-state index contributed by atoms with van der Waals surface area (Å²) in [7, 11) is 0. The van der Waals surface area contributed by atoms with Crippen molar-refractivity contribution < 1.29 is 35.8 Å². The minimum atomic E-state index is -0.363.